The molecule has 2 aliphatic heterocycles. The van der Waals surface area contributed by atoms with Crippen molar-refractivity contribution in [1.82, 2.24) is 4.90 Å². The van der Waals surface area contributed by atoms with E-state index in [2.05, 4.69) is 0 Å². The fourth-order valence-corrected chi connectivity index (χ4v) is 2.50. The lowest BCUT2D eigenvalue weighted by Gasteiger charge is -2.48. The van der Waals surface area contributed by atoms with E-state index in [-0.39, 0.29) is 0 Å². The Hall–Kier alpha value is -0.200. The molecular formula is C9H17NO4. The molecule has 5 nitrogen and oxygen atoms in total. The van der Waals surface area contributed by atoms with Crippen LogP contribution < -0.4 is 0 Å². The molecule has 0 spiro atoms. The van der Waals surface area contributed by atoms with Crippen molar-refractivity contribution in [1.29, 1.82) is 0 Å². The SMILES string of the molecule is O[C@H]1[C@H](O)[C@H](O)CN2CCC[C@@H](O)[C@H]12. The largest absolute Gasteiger partial charge is 0.391 e. The van der Waals surface area contributed by atoms with E-state index in [4.69, 9.17) is 0 Å². The van der Waals surface area contributed by atoms with Crippen molar-refractivity contribution in [3.8, 4) is 0 Å². The zero-order chi connectivity index (χ0) is 10.3. The summed E-state index contributed by atoms with van der Waals surface area (Å²) in [6.45, 7) is 1.10. The lowest BCUT2D eigenvalue weighted by atomic mass is 9.86. The van der Waals surface area contributed by atoms with Gasteiger partial charge in [-0.3, -0.25) is 4.90 Å². The van der Waals surface area contributed by atoms with Crippen molar-refractivity contribution in [2.75, 3.05) is 13.1 Å². The van der Waals surface area contributed by atoms with Crippen molar-refractivity contribution >= 4 is 0 Å². The molecule has 0 aromatic heterocycles. The van der Waals surface area contributed by atoms with Gasteiger partial charge in [-0.2, -0.15) is 0 Å². The average molecular weight is 203 g/mol. The first-order chi connectivity index (χ1) is 6.61. The van der Waals surface area contributed by atoms with Gasteiger partial charge in [-0.1, -0.05) is 0 Å². The van der Waals surface area contributed by atoms with Gasteiger partial charge in [-0.05, 0) is 19.4 Å². The Bertz CT molecular complexity index is 211. The second kappa shape index (κ2) is 3.75. The van der Waals surface area contributed by atoms with Crippen molar-refractivity contribution in [2.45, 2.75) is 43.3 Å². The van der Waals surface area contributed by atoms with Crippen LogP contribution in [0.2, 0.25) is 0 Å². The van der Waals surface area contributed by atoms with Gasteiger partial charge in [0.05, 0.1) is 18.2 Å². The van der Waals surface area contributed by atoms with Gasteiger partial charge in [0, 0.05) is 6.54 Å². The van der Waals surface area contributed by atoms with Crippen molar-refractivity contribution < 1.29 is 20.4 Å². The topological polar surface area (TPSA) is 84.2 Å². The van der Waals surface area contributed by atoms with E-state index >= 15 is 0 Å². The second-order valence-electron chi connectivity index (χ2n) is 4.24. The third-order valence-corrected chi connectivity index (χ3v) is 3.28. The zero-order valence-corrected chi connectivity index (χ0v) is 7.95. The molecule has 0 amide bonds. The zero-order valence-electron chi connectivity index (χ0n) is 7.95. The molecule has 0 aromatic rings. The van der Waals surface area contributed by atoms with E-state index in [1.807, 2.05) is 4.90 Å². The first kappa shape index (κ1) is 10.3. The Balaban J connectivity index is 2.14. The molecule has 5 heteroatoms. The summed E-state index contributed by atoms with van der Waals surface area (Å²) in [6.07, 6.45) is -2.17. The quantitative estimate of drug-likeness (QED) is 0.363. The number of piperidine rings is 2. The standard InChI is InChI=1S/C9H17NO4/c11-5-2-1-3-10-4-6(12)8(13)9(14)7(5)10/h5-9,11-14H,1-4H2/t5-,6-,7-,8-,9-/m1/s1. The van der Waals surface area contributed by atoms with Crippen LogP contribution in [-0.2, 0) is 0 Å². The summed E-state index contributed by atoms with van der Waals surface area (Å²) in [6, 6.07) is -0.415. The fourth-order valence-electron chi connectivity index (χ4n) is 2.50. The Morgan fingerprint density at radius 1 is 0.929 bits per heavy atom. The molecule has 2 saturated heterocycles. The second-order valence-corrected chi connectivity index (χ2v) is 4.24. The molecule has 0 aromatic carbocycles. The molecule has 2 heterocycles. The van der Waals surface area contributed by atoms with Crippen molar-refractivity contribution in [3.63, 3.8) is 0 Å². The van der Waals surface area contributed by atoms with Gasteiger partial charge in [-0.25, -0.2) is 0 Å². The molecule has 2 aliphatic rings. The Kier molecular flexibility index (Phi) is 2.77. The fraction of sp³-hybridized carbons (Fsp3) is 1.00. The van der Waals surface area contributed by atoms with E-state index in [1.165, 1.54) is 0 Å². The minimum Gasteiger partial charge on any atom is -0.391 e. The maximum atomic E-state index is 9.70. The molecule has 0 radical (unpaired) electrons. The van der Waals surface area contributed by atoms with Gasteiger partial charge in [0.2, 0.25) is 0 Å². The monoisotopic (exact) mass is 203 g/mol. The van der Waals surface area contributed by atoms with Gasteiger partial charge < -0.3 is 20.4 Å². The van der Waals surface area contributed by atoms with E-state index in [9.17, 15) is 20.4 Å². The summed E-state index contributed by atoms with van der Waals surface area (Å²) < 4.78 is 0. The highest BCUT2D eigenvalue weighted by molar-refractivity contribution is 4.99. The van der Waals surface area contributed by atoms with Crippen LogP contribution in [0.1, 0.15) is 12.8 Å². The molecule has 14 heavy (non-hydrogen) atoms. The highest BCUT2D eigenvalue weighted by Crippen LogP contribution is 2.27. The predicted molar refractivity (Wildman–Crippen MR) is 48.6 cm³/mol. The molecule has 4 N–H and O–H groups in total. The van der Waals surface area contributed by atoms with Gasteiger partial charge in [0.1, 0.15) is 12.2 Å². The van der Waals surface area contributed by atoms with Crippen LogP contribution in [0, 0.1) is 0 Å². The van der Waals surface area contributed by atoms with Gasteiger partial charge in [0.15, 0.2) is 0 Å². The van der Waals surface area contributed by atoms with Crippen LogP contribution in [0.15, 0.2) is 0 Å². The number of rotatable bonds is 0. The van der Waals surface area contributed by atoms with E-state index in [0.29, 0.717) is 13.0 Å². The summed E-state index contributed by atoms with van der Waals surface area (Å²) in [4.78, 5) is 1.86. The summed E-state index contributed by atoms with van der Waals surface area (Å²) in [5, 5.41) is 38.3. The lowest BCUT2D eigenvalue weighted by Crippen LogP contribution is -2.66. The maximum absolute atomic E-state index is 9.70. The number of fused-ring (bicyclic) bond motifs is 1. The number of aliphatic hydroxyl groups is 4. The molecular weight excluding hydrogens is 186 g/mol. The van der Waals surface area contributed by atoms with Crippen molar-refractivity contribution in [3.05, 3.63) is 0 Å². The molecule has 0 bridgehead atoms. The van der Waals surface area contributed by atoms with Crippen LogP contribution in [0.25, 0.3) is 0 Å². The normalized spacial score (nSPS) is 50.1. The van der Waals surface area contributed by atoms with Crippen LogP contribution in [0.4, 0.5) is 0 Å². The summed E-state index contributed by atoms with van der Waals surface area (Å²) in [5.41, 5.74) is 0. The Morgan fingerprint density at radius 3 is 2.36 bits per heavy atom. The Labute approximate surface area is 82.6 Å². The van der Waals surface area contributed by atoms with Gasteiger partial charge in [-0.15, -0.1) is 0 Å². The third-order valence-electron chi connectivity index (χ3n) is 3.28. The number of aliphatic hydroxyl groups excluding tert-OH is 4. The summed E-state index contributed by atoms with van der Waals surface area (Å²) >= 11 is 0. The number of hydrogen-bond acceptors (Lipinski definition) is 5. The molecule has 2 fully saturated rings. The summed E-state index contributed by atoms with van der Waals surface area (Å²) in [5.74, 6) is 0. The lowest BCUT2D eigenvalue weighted by molar-refractivity contribution is -0.169. The van der Waals surface area contributed by atoms with Crippen molar-refractivity contribution in [2.24, 2.45) is 0 Å². The van der Waals surface area contributed by atoms with Crippen LogP contribution >= 0.6 is 0 Å². The summed E-state index contributed by atoms with van der Waals surface area (Å²) in [7, 11) is 0. The van der Waals surface area contributed by atoms with E-state index in [1.54, 1.807) is 0 Å². The molecule has 5 atom stereocenters. The number of nitrogens with zero attached hydrogens (tertiary/aromatic N) is 1. The van der Waals surface area contributed by atoms with Gasteiger partial charge in [0.25, 0.3) is 0 Å². The van der Waals surface area contributed by atoms with Crippen LogP contribution in [0.3, 0.4) is 0 Å². The smallest absolute Gasteiger partial charge is 0.109 e. The molecule has 82 valence electrons. The van der Waals surface area contributed by atoms with E-state index < -0.39 is 30.5 Å². The molecule has 0 saturated carbocycles. The maximum Gasteiger partial charge on any atom is 0.109 e. The minimum absolute atomic E-state index is 0.333. The first-order valence-corrected chi connectivity index (χ1v) is 5.07. The minimum atomic E-state index is -1.14. The van der Waals surface area contributed by atoms with Crippen LogP contribution in [-0.4, -0.2) is 68.9 Å². The van der Waals surface area contributed by atoms with Gasteiger partial charge >= 0.3 is 0 Å². The van der Waals surface area contributed by atoms with Crippen LogP contribution in [0.5, 0.6) is 0 Å². The van der Waals surface area contributed by atoms with E-state index in [0.717, 1.165) is 13.0 Å². The number of hydrogen-bond donors (Lipinski definition) is 4. The molecule has 0 unspecified atom stereocenters. The molecule has 0 aliphatic carbocycles. The average Bonchev–Trinajstić information content (AvgIpc) is 2.14. The Morgan fingerprint density at radius 2 is 1.64 bits per heavy atom. The highest BCUT2D eigenvalue weighted by Gasteiger charge is 2.45. The third kappa shape index (κ3) is 1.55. The first-order valence-electron chi connectivity index (χ1n) is 5.07. The predicted octanol–water partition coefficient (Wildman–Crippen LogP) is -2.09. The highest BCUT2D eigenvalue weighted by atomic mass is 16.4. The molecule has 2 rings (SSSR count).